The minimum Gasteiger partial charge on any atom is -0.493 e. The third-order valence-corrected chi connectivity index (χ3v) is 6.22. The number of methoxy groups -OCH3 is 1. The molecule has 2 aromatic carbocycles. The van der Waals surface area contributed by atoms with Crippen LogP contribution in [0.3, 0.4) is 0 Å². The van der Waals surface area contributed by atoms with Crippen molar-refractivity contribution >= 4 is 63.8 Å². The first-order valence-electron chi connectivity index (χ1n) is 11.4. The van der Waals surface area contributed by atoms with Gasteiger partial charge in [0, 0.05) is 5.02 Å². The van der Waals surface area contributed by atoms with Gasteiger partial charge < -0.3 is 19.5 Å². The molecule has 37 heavy (non-hydrogen) atoms. The summed E-state index contributed by atoms with van der Waals surface area (Å²) >= 11 is 14.2. The fraction of sp³-hybridized carbons (Fsp3) is 0.346. The zero-order valence-electron chi connectivity index (χ0n) is 21.0. The lowest BCUT2D eigenvalue weighted by Gasteiger charge is -2.22. The maximum absolute atomic E-state index is 12.9. The summed E-state index contributed by atoms with van der Waals surface area (Å²) in [5, 5.41) is 7.54. The monoisotopic (exact) mass is 661 g/mol. The molecule has 0 aliphatic carbocycles. The largest absolute Gasteiger partial charge is 0.493 e. The highest BCUT2D eigenvalue weighted by atomic mass is 127. The van der Waals surface area contributed by atoms with E-state index in [1.165, 1.54) is 12.3 Å². The first-order valence-corrected chi connectivity index (χ1v) is 13.2. The van der Waals surface area contributed by atoms with Crippen molar-refractivity contribution in [3.8, 4) is 17.2 Å². The molecule has 0 saturated heterocycles. The number of rotatable bonds is 13. The normalized spacial score (nSPS) is 12.6. The van der Waals surface area contributed by atoms with Gasteiger partial charge in [0.2, 0.25) is 0 Å². The number of carbonyl (C=O) groups excluding carboxylic acids is 2. The molecule has 0 spiro atoms. The van der Waals surface area contributed by atoms with Crippen LogP contribution in [0.15, 0.2) is 48.1 Å². The van der Waals surface area contributed by atoms with Crippen LogP contribution in [0.4, 0.5) is 0 Å². The number of nitrogens with zero attached hydrogens (tertiary/aromatic N) is 1. The number of hydrogen-bond donors (Lipinski definition) is 2. The molecule has 0 unspecified atom stereocenters. The van der Waals surface area contributed by atoms with Crippen molar-refractivity contribution in [1.29, 1.82) is 0 Å². The summed E-state index contributed by atoms with van der Waals surface area (Å²) in [4.78, 5) is 25.6. The highest BCUT2D eigenvalue weighted by Gasteiger charge is 2.25. The van der Waals surface area contributed by atoms with Gasteiger partial charge in [0.1, 0.15) is 18.4 Å². The third-order valence-electron chi connectivity index (χ3n) is 4.89. The zero-order chi connectivity index (χ0) is 27.5. The topological polar surface area (TPSA) is 98.2 Å². The van der Waals surface area contributed by atoms with E-state index >= 15 is 0 Å². The van der Waals surface area contributed by atoms with E-state index in [1.54, 1.807) is 38.3 Å². The maximum Gasteiger partial charge on any atom is 0.262 e. The summed E-state index contributed by atoms with van der Waals surface area (Å²) in [5.74, 6) is 0.652. The summed E-state index contributed by atoms with van der Waals surface area (Å²) in [6, 6.07) is 7.47. The average Bonchev–Trinajstić information content (AvgIpc) is 2.83. The first-order chi connectivity index (χ1) is 17.5. The number of halogens is 3. The van der Waals surface area contributed by atoms with Gasteiger partial charge in [-0.25, -0.2) is 5.43 Å². The van der Waals surface area contributed by atoms with Crippen molar-refractivity contribution < 1.29 is 23.8 Å². The highest BCUT2D eigenvalue weighted by molar-refractivity contribution is 14.1. The Hall–Kier alpha value is -2.50. The average molecular weight is 662 g/mol. The fourth-order valence-electron chi connectivity index (χ4n) is 3.15. The molecule has 0 radical (unpaired) electrons. The van der Waals surface area contributed by atoms with Gasteiger partial charge in [-0.2, -0.15) is 5.10 Å². The number of nitrogens with one attached hydrogen (secondary N) is 2. The molecule has 2 atom stereocenters. The van der Waals surface area contributed by atoms with Crippen LogP contribution < -0.4 is 25.0 Å². The van der Waals surface area contributed by atoms with E-state index < -0.39 is 24.0 Å². The lowest BCUT2D eigenvalue weighted by molar-refractivity contribution is -0.132. The van der Waals surface area contributed by atoms with Crippen LogP contribution >= 0.6 is 45.8 Å². The molecule has 0 heterocycles. The standard InChI is InChI=1S/C26H30Cl2IN3O5/c1-6-9-36-24-20(29)11-17(12-23(24)35-5)14-30-32-26(34)21(10-15(2)3)31-25(33)16(4)37-22-8-7-18(27)13-19(22)28/h6-8,11-16,21H,1,9-10H2,2-5H3,(H,31,33)(H,32,34)/b30-14-/t16-,21-/m0/s1. The lowest BCUT2D eigenvalue weighted by atomic mass is 10.0. The van der Waals surface area contributed by atoms with Crippen LogP contribution in [-0.2, 0) is 9.59 Å². The van der Waals surface area contributed by atoms with Crippen LogP contribution in [0.2, 0.25) is 10.0 Å². The zero-order valence-corrected chi connectivity index (χ0v) is 24.7. The predicted molar refractivity (Wildman–Crippen MR) is 155 cm³/mol. The van der Waals surface area contributed by atoms with Gasteiger partial charge >= 0.3 is 0 Å². The Morgan fingerprint density at radius 2 is 1.86 bits per heavy atom. The van der Waals surface area contributed by atoms with E-state index in [2.05, 4.69) is 45.0 Å². The second kappa shape index (κ2) is 15.0. The summed E-state index contributed by atoms with van der Waals surface area (Å²) in [6.07, 6.45) is 2.64. The number of carbonyl (C=O) groups is 2. The summed E-state index contributed by atoms with van der Waals surface area (Å²) in [6.45, 7) is 9.46. The SMILES string of the molecule is C=CCOc1c(I)cc(/C=N\NC(=O)[C@H](CC(C)C)NC(=O)[C@H](C)Oc2ccc(Cl)cc2Cl)cc1OC. The minimum atomic E-state index is -0.902. The molecular weight excluding hydrogens is 632 g/mol. The van der Waals surface area contributed by atoms with E-state index in [0.29, 0.717) is 40.9 Å². The molecule has 8 nitrogen and oxygen atoms in total. The van der Waals surface area contributed by atoms with E-state index in [4.69, 9.17) is 37.4 Å². The molecule has 2 N–H and O–H groups in total. The molecule has 200 valence electrons. The van der Waals surface area contributed by atoms with E-state index in [1.807, 2.05) is 19.9 Å². The molecule has 0 bridgehead atoms. The Labute approximate surface area is 240 Å². The smallest absolute Gasteiger partial charge is 0.262 e. The number of hydrogen-bond acceptors (Lipinski definition) is 6. The van der Waals surface area contributed by atoms with Crippen molar-refractivity contribution in [3.05, 3.63) is 62.2 Å². The Balaban J connectivity index is 2.07. The van der Waals surface area contributed by atoms with E-state index in [9.17, 15) is 9.59 Å². The Bertz CT molecular complexity index is 1140. The minimum absolute atomic E-state index is 0.135. The van der Waals surface area contributed by atoms with Gasteiger partial charge in [0.15, 0.2) is 17.6 Å². The van der Waals surface area contributed by atoms with Crippen molar-refractivity contribution in [1.82, 2.24) is 10.7 Å². The quantitative estimate of drug-likeness (QED) is 0.126. The van der Waals surface area contributed by atoms with Crippen LogP contribution in [0.5, 0.6) is 17.2 Å². The van der Waals surface area contributed by atoms with Gasteiger partial charge in [-0.15, -0.1) is 0 Å². The second-order valence-corrected chi connectivity index (χ2v) is 10.4. The predicted octanol–water partition coefficient (Wildman–Crippen LogP) is 5.62. The number of ether oxygens (including phenoxy) is 3. The molecule has 2 rings (SSSR count). The van der Waals surface area contributed by atoms with Gasteiger partial charge in [0.25, 0.3) is 11.8 Å². The summed E-state index contributed by atoms with van der Waals surface area (Å²) in [7, 11) is 1.54. The second-order valence-electron chi connectivity index (χ2n) is 8.39. The Morgan fingerprint density at radius 3 is 2.49 bits per heavy atom. The molecule has 0 aromatic heterocycles. The molecule has 11 heteroatoms. The highest BCUT2D eigenvalue weighted by Crippen LogP contribution is 2.33. The first kappa shape index (κ1) is 30.7. The van der Waals surface area contributed by atoms with Crippen molar-refractivity contribution in [2.75, 3.05) is 13.7 Å². The summed E-state index contributed by atoms with van der Waals surface area (Å²) in [5.41, 5.74) is 3.20. The maximum atomic E-state index is 12.9. The molecule has 0 aliphatic rings. The molecular formula is C26H30Cl2IN3O5. The van der Waals surface area contributed by atoms with Crippen LogP contribution in [0, 0.1) is 9.49 Å². The van der Waals surface area contributed by atoms with Crippen LogP contribution in [-0.4, -0.2) is 43.9 Å². The van der Waals surface area contributed by atoms with E-state index in [0.717, 1.165) is 3.57 Å². The van der Waals surface area contributed by atoms with Crippen molar-refractivity contribution in [3.63, 3.8) is 0 Å². The molecule has 2 amide bonds. The molecule has 2 aromatic rings. The van der Waals surface area contributed by atoms with Gasteiger partial charge in [-0.05, 0) is 77.7 Å². The summed E-state index contributed by atoms with van der Waals surface area (Å²) < 4.78 is 17.5. The van der Waals surface area contributed by atoms with Gasteiger partial charge in [0.05, 0.1) is 21.9 Å². The molecule has 0 fully saturated rings. The molecule has 0 aliphatic heterocycles. The van der Waals surface area contributed by atoms with Gasteiger partial charge in [-0.1, -0.05) is 49.7 Å². The number of hydrazone groups is 1. The van der Waals surface area contributed by atoms with Crippen LogP contribution in [0.1, 0.15) is 32.8 Å². The van der Waals surface area contributed by atoms with Crippen LogP contribution in [0.25, 0.3) is 0 Å². The van der Waals surface area contributed by atoms with Crippen molar-refractivity contribution in [2.45, 2.75) is 39.3 Å². The molecule has 0 saturated carbocycles. The van der Waals surface area contributed by atoms with Crippen molar-refractivity contribution in [2.24, 2.45) is 11.0 Å². The van der Waals surface area contributed by atoms with E-state index in [-0.39, 0.29) is 10.9 Å². The number of benzene rings is 2. The number of amides is 2. The fourth-order valence-corrected chi connectivity index (χ4v) is 4.39. The van der Waals surface area contributed by atoms with Gasteiger partial charge in [-0.3, -0.25) is 9.59 Å². The Morgan fingerprint density at radius 1 is 1.14 bits per heavy atom. The third kappa shape index (κ3) is 9.71. The Kier molecular flexibility index (Phi) is 12.5. The lowest BCUT2D eigenvalue weighted by Crippen LogP contribution is -2.49.